The average molecular weight is 220 g/mol. The number of hydrogen-bond acceptors (Lipinski definition) is 2. The Morgan fingerprint density at radius 2 is 2.00 bits per heavy atom. The molecule has 1 aromatic heterocycles. The minimum atomic E-state index is -0.169. The second kappa shape index (κ2) is 4.40. The van der Waals surface area contributed by atoms with Crippen LogP contribution in [-0.2, 0) is 0 Å². The van der Waals surface area contributed by atoms with Crippen LogP contribution in [0.25, 0.3) is 11.3 Å². The number of aromatic amines is 2. The van der Waals surface area contributed by atoms with Gasteiger partial charge in [0.1, 0.15) is 0 Å². The van der Waals surface area contributed by atoms with Gasteiger partial charge in [-0.25, -0.2) is 4.79 Å². The molecule has 0 unspecified atom stereocenters. The Hall–Kier alpha value is -1.42. The molecule has 0 atom stereocenters. The molecule has 0 amide bonds. The monoisotopic (exact) mass is 220 g/mol. The molecule has 15 heavy (non-hydrogen) atoms. The lowest BCUT2D eigenvalue weighted by Gasteiger charge is -2.00. The van der Waals surface area contributed by atoms with Crippen LogP contribution in [0.1, 0.15) is 6.92 Å². The number of nitrogens with one attached hydrogen (secondary N) is 2. The molecule has 0 aliphatic carbocycles. The average Bonchev–Trinajstić information content (AvgIpc) is 2.67. The van der Waals surface area contributed by atoms with Gasteiger partial charge in [0.25, 0.3) is 0 Å². The molecule has 0 radical (unpaired) electrons. The fourth-order valence-corrected chi connectivity index (χ4v) is 2.05. The molecule has 2 N–H and O–H groups in total. The van der Waals surface area contributed by atoms with Crippen LogP contribution in [0.3, 0.4) is 0 Å². The molecule has 0 saturated heterocycles. The summed E-state index contributed by atoms with van der Waals surface area (Å²) in [4.78, 5) is 17.5. The van der Waals surface area contributed by atoms with Crippen LogP contribution in [-0.4, -0.2) is 15.7 Å². The molecule has 0 fully saturated rings. The zero-order valence-electron chi connectivity index (χ0n) is 8.41. The van der Waals surface area contributed by atoms with Crippen LogP contribution in [0.5, 0.6) is 0 Å². The third-order valence-electron chi connectivity index (χ3n) is 2.07. The zero-order valence-corrected chi connectivity index (χ0v) is 9.23. The van der Waals surface area contributed by atoms with E-state index in [0.29, 0.717) is 0 Å². The highest BCUT2D eigenvalue weighted by atomic mass is 32.2. The first kappa shape index (κ1) is 10.1. The standard InChI is InChI=1S/C11H12N2OS/c1-2-15-9-5-3-8(4-6-9)10-7-12-11(14)13-10/h3-7H,2H2,1H3,(H2,12,13,14). The second-order valence-electron chi connectivity index (χ2n) is 3.11. The van der Waals surface area contributed by atoms with Crippen LogP contribution < -0.4 is 5.69 Å². The van der Waals surface area contributed by atoms with Gasteiger partial charge in [0.15, 0.2) is 0 Å². The molecule has 1 aromatic carbocycles. The molecule has 0 bridgehead atoms. The highest BCUT2D eigenvalue weighted by molar-refractivity contribution is 7.99. The van der Waals surface area contributed by atoms with Gasteiger partial charge in [-0.1, -0.05) is 19.1 Å². The molecule has 0 saturated carbocycles. The Morgan fingerprint density at radius 1 is 1.27 bits per heavy atom. The van der Waals surface area contributed by atoms with Crippen molar-refractivity contribution >= 4 is 11.8 Å². The fraction of sp³-hybridized carbons (Fsp3) is 0.182. The second-order valence-corrected chi connectivity index (χ2v) is 4.45. The number of H-pyrrole nitrogens is 2. The summed E-state index contributed by atoms with van der Waals surface area (Å²) in [5.41, 5.74) is 1.68. The van der Waals surface area contributed by atoms with E-state index in [1.807, 2.05) is 12.1 Å². The number of imidazole rings is 1. The molecule has 2 aromatic rings. The summed E-state index contributed by atoms with van der Waals surface area (Å²) < 4.78 is 0. The van der Waals surface area contributed by atoms with E-state index in [1.165, 1.54) is 4.90 Å². The first-order valence-corrected chi connectivity index (χ1v) is 5.79. The summed E-state index contributed by atoms with van der Waals surface area (Å²) in [6, 6.07) is 8.15. The van der Waals surface area contributed by atoms with Gasteiger partial charge in [-0.3, -0.25) is 0 Å². The largest absolute Gasteiger partial charge is 0.323 e. The van der Waals surface area contributed by atoms with Crippen LogP contribution in [0.4, 0.5) is 0 Å². The fourth-order valence-electron chi connectivity index (χ4n) is 1.39. The zero-order chi connectivity index (χ0) is 10.7. The Labute approximate surface area is 91.9 Å². The first-order chi connectivity index (χ1) is 7.29. The van der Waals surface area contributed by atoms with E-state index in [2.05, 4.69) is 29.0 Å². The lowest BCUT2D eigenvalue weighted by atomic mass is 10.2. The smallest absolute Gasteiger partial charge is 0.312 e. The molecule has 4 heteroatoms. The SMILES string of the molecule is CCSc1ccc(-c2c[nH]c(=O)[nH]2)cc1. The summed E-state index contributed by atoms with van der Waals surface area (Å²) in [5.74, 6) is 1.07. The molecule has 0 aliphatic rings. The van der Waals surface area contributed by atoms with E-state index in [0.717, 1.165) is 17.0 Å². The normalized spacial score (nSPS) is 10.5. The van der Waals surface area contributed by atoms with Gasteiger partial charge in [0, 0.05) is 11.1 Å². The maximum atomic E-state index is 10.9. The summed E-state index contributed by atoms with van der Waals surface area (Å²) >= 11 is 1.80. The van der Waals surface area contributed by atoms with Crippen molar-refractivity contribution in [3.05, 3.63) is 40.9 Å². The van der Waals surface area contributed by atoms with Crippen molar-refractivity contribution in [2.24, 2.45) is 0 Å². The van der Waals surface area contributed by atoms with Crippen LogP contribution in [0.2, 0.25) is 0 Å². The predicted molar refractivity (Wildman–Crippen MR) is 63.2 cm³/mol. The van der Waals surface area contributed by atoms with Crippen LogP contribution in [0, 0.1) is 0 Å². The lowest BCUT2D eigenvalue weighted by molar-refractivity contribution is 1.19. The summed E-state index contributed by atoms with van der Waals surface area (Å²) in [7, 11) is 0. The highest BCUT2D eigenvalue weighted by Gasteiger charge is 1.99. The maximum absolute atomic E-state index is 10.9. The van der Waals surface area contributed by atoms with Crippen molar-refractivity contribution in [2.45, 2.75) is 11.8 Å². The Bertz CT molecular complexity index is 484. The maximum Gasteiger partial charge on any atom is 0.323 e. The van der Waals surface area contributed by atoms with E-state index in [9.17, 15) is 4.79 Å². The summed E-state index contributed by atoms with van der Waals surface area (Å²) in [5, 5.41) is 0. The highest BCUT2D eigenvalue weighted by Crippen LogP contribution is 2.21. The van der Waals surface area contributed by atoms with Crippen molar-refractivity contribution in [3.8, 4) is 11.3 Å². The van der Waals surface area contributed by atoms with E-state index in [1.54, 1.807) is 18.0 Å². The Morgan fingerprint density at radius 3 is 2.53 bits per heavy atom. The summed E-state index contributed by atoms with van der Waals surface area (Å²) in [6.45, 7) is 2.13. The van der Waals surface area contributed by atoms with E-state index >= 15 is 0 Å². The van der Waals surface area contributed by atoms with Gasteiger partial charge in [-0.2, -0.15) is 0 Å². The summed E-state index contributed by atoms with van der Waals surface area (Å²) in [6.07, 6.45) is 1.68. The molecule has 1 heterocycles. The molecular weight excluding hydrogens is 208 g/mol. The number of hydrogen-bond donors (Lipinski definition) is 2. The number of aromatic nitrogens is 2. The van der Waals surface area contributed by atoms with Gasteiger partial charge in [-0.15, -0.1) is 11.8 Å². The third-order valence-corrected chi connectivity index (χ3v) is 2.97. The minimum Gasteiger partial charge on any atom is -0.312 e. The Balaban J connectivity index is 2.27. The Kier molecular flexibility index (Phi) is 2.97. The van der Waals surface area contributed by atoms with Crippen molar-refractivity contribution < 1.29 is 0 Å². The van der Waals surface area contributed by atoms with E-state index in [4.69, 9.17) is 0 Å². The number of rotatable bonds is 3. The predicted octanol–water partition coefficient (Wildman–Crippen LogP) is 2.48. The van der Waals surface area contributed by atoms with Crippen molar-refractivity contribution in [1.29, 1.82) is 0 Å². The number of benzene rings is 1. The molecule has 0 aliphatic heterocycles. The van der Waals surface area contributed by atoms with E-state index in [-0.39, 0.29) is 5.69 Å². The van der Waals surface area contributed by atoms with Gasteiger partial charge in [0.05, 0.1) is 5.69 Å². The van der Waals surface area contributed by atoms with Crippen LogP contribution >= 0.6 is 11.8 Å². The van der Waals surface area contributed by atoms with Gasteiger partial charge in [0.2, 0.25) is 0 Å². The molecule has 2 rings (SSSR count). The number of thioether (sulfide) groups is 1. The van der Waals surface area contributed by atoms with Crippen molar-refractivity contribution in [1.82, 2.24) is 9.97 Å². The van der Waals surface area contributed by atoms with Gasteiger partial charge in [-0.05, 0) is 23.4 Å². The molecule has 0 spiro atoms. The van der Waals surface area contributed by atoms with Gasteiger partial charge >= 0.3 is 5.69 Å². The molecular formula is C11H12N2OS. The quantitative estimate of drug-likeness (QED) is 0.781. The third kappa shape index (κ3) is 2.33. The van der Waals surface area contributed by atoms with Gasteiger partial charge < -0.3 is 9.97 Å². The minimum absolute atomic E-state index is 0.169. The van der Waals surface area contributed by atoms with Crippen molar-refractivity contribution in [3.63, 3.8) is 0 Å². The van der Waals surface area contributed by atoms with Crippen LogP contribution in [0.15, 0.2) is 40.2 Å². The topological polar surface area (TPSA) is 48.6 Å². The van der Waals surface area contributed by atoms with E-state index < -0.39 is 0 Å². The van der Waals surface area contributed by atoms with Crippen molar-refractivity contribution in [2.75, 3.05) is 5.75 Å². The lowest BCUT2D eigenvalue weighted by Crippen LogP contribution is -1.99. The first-order valence-electron chi connectivity index (χ1n) is 4.80. The molecule has 3 nitrogen and oxygen atoms in total. The molecule has 78 valence electrons.